The Morgan fingerprint density at radius 3 is 2.81 bits per heavy atom. The van der Waals surface area contributed by atoms with Gasteiger partial charge in [0.15, 0.2) is 0 Å². The first-order valence-corrected chi connectivity index (χ1v) is 12.4. The lowest BCUT2D eigenvalue weighted by molar-refractivity contribution is -0.141. The van der Waals surface area contributed by atoms with Crippen LogP contribution in [0.1, 0.15) is 55.0 Å². The molecule has 0 saturated carbocycles. The number of hydrogen-bond acceptors (Lipinski definition) is 7. The van der Waals surface area contributed by atoms with Crippen LogP contribution in [0.25, 0.3) is 0 Å². The molecule has 0 bridgehead atoms. The van der Waals surface area contributed by atoms with Gasteiger partial charge in [-0.2, -0.15) is 0 Å². The molecular weight excluding hydrogens is 460 g/mol. The number of para-hydroxylation sites is 1. The van der Waals surface area contributed by atoms with Crippen LogP contribution in [-0.2, 0) is 27.2 Å². The minimum Gasteiger partial charge on any atom is -0.480 e. The number of carboxylic acids is 1. The predicted octanol–water partition coefficient (Wildman–Crippen LogP) is 2.01. The summed E-state index contributed by atoms with van der Waals surface area (Å²) >= 11 is 0. The van der Waals surface area contributed by atoms with Gasteiger partial charge in [0.25, 0.3) is 5.91 Å². The summed E-state index contributed by atoms with van der Waals surface area (Å²) in [5.74, 6) is -0.982. The third-order valence-corrected chi connectivity index (χ3v) is 6.44. The highest BCUT2D eigenvalue weighted by Crippen LogP contribution is 2.32. The number of fused-ring (bicyclic) bond motifs is 2. The van der Waals surface area contributed by atoms with Gasteiger partial charge >= 0.3 is 5.97 Å². The summed E-state index contributed by atoms with van der Waals surface area (Å²) < 4.78 is 0. The van der Waals surface area contributed by atoms with Crippen LogP contribution >= 0.6 is 0 Å². The van der Waals surface area contributed by atoms with Crippen LogP contribution in [0.15, 0.2) is 41.4 Å². The number of rotatable bonds is 11. The first-order chi connectivity index (χ1) is 17.4. The Bertz CT molecular complexity index is 1160. The minimum atomic E-state index is -1.19. The number of carboxylic acid groups (broad SMARTS) is 1. The maximum Gasteiger partial charge on any atom is 0.326 e. The van der Waals surface area contributed by atoms with Crippen LogP contribution < -0.4 is 21.7 Å². The fraction of sp³-hybridized carbons (Fsp3) is 0.423. The molecule has 1 aromatic heterocycles. The number of carbonyl (C=O) groups is 3. The number of benzene rings is 1. The zero-order chi connectivity index (χ0) is 25.5. The fourth-order valence-corrected chi connectivity index (χ4v) is 4.42. The summed E-state index contributed by atoms with van der Waals surface area (Å²) in [7, 11) is 0. The topological polar surface area (TPSA) is 159 Å². The van der Waals surface area contributed by atoms with E-state index < -0.39 is 24.0 Å². The van der Waals surface area contributed by atoms with Crippen LogP contribution in [0.5, 0.6) is 0 Å². The van der Waals surface area contributed by atoms with E-state index >= 15 is 0 Å². The number of carbonyl (C=O) groups excluding carboxylic acids is 2. The van der Waals surface area contributed by atoms with Crippen LogP contribution in [0.2, 0.25) is 0 Å². The second kappa shape index (κ2) is 11.8. The van der Waals surface area contributed by atoms with E-state index in [1.165, 1.54) is 5.56 Å². The standard InChI is InChI=1S/C26H32N6O4/c27-22-18-8-2-3-9-19(18)31-23(22)25(34)32-20(26(35)36)13-15-28-21(33)10-4-1-7-17-12-11-16-6-5-14-29-24(16)30-17/h2-3,8-9,11-12,20,22H,1,4-7,10,13-15,27H2,(H,28,33)(H,29,30)(H,32,34)(H,35,36)/t20-,22?/m0/s1. The molecule has 0 saturated heterocycles. The SMILES string of the molecule is NC1C(C(=O)N[C@@H](CCNC(=O)CCCCc2ccc3c(n2)NCCC3)C(=O)O)=Nc2ccccc21. The Kier molecular flexibility index (Phi) is 8.27. The average Bonchev–Trinajstić information content (AvgIpc) is 3.22. The Morgan fingerprint density at radius 1 is 1.17 bits per heavy atom. The molecule has 3 heterocycles. The van der Waals surface area contributed by atoms with Crippen LogP contribution in [0, 0.1) is 0 Å². The molecule has 2 aliphatic rings. The highest BCUT2D eigenvalue weighted by molar-refractivity contribution is 6.42. The molecule has 36 heavy (non-hydrogen) atoms. The summed E-state index contributed by atoms with van der Waals surface area (Å²) in [4.78, 5) is 45.4. The van der Waals surface area contributed by atoms with Crippen molar-refractivity contribution in [2.24, 2.45) is 10.7 Å². The number of nitrogens with zero attached hydrogens (tertiary/aromatic N) is 2. The van der Waals surface area contributed by atoms with Gasteiger partial charge in [0.05, 0.1) is 11.7 Å². The van der Waals surface area contributed by atoms with Gasteiger partial charge in [0.1, 0.15) is 17.6 Å². The van der Waals surface area contributed by atoms with Crippen molar-refractivity contribution in [1.29, 1.82) is 0 Å². The van der Waals surface area contributed by atoms with Crippen molar-refractivity contribution in [3.05, 3.63) is 53.2 Å². The Morgan fingerprint density at radius 2 is 2.00 bits per heavy atom. The number of unbranched alkanes of at least 4 members (excludes halogenated alkanes) is 1. The van der Waals surface area contributed by atoms with Gasteiger partial charge in [-0.1, -0.05) is 24.3 Å². The molecule has 10 heteroatoms. The molecule has 6 N–H and O–H groups in total. The molecule has 2 amide bonds. The quantitative estimate of drug-likeness (QED) is 0.300. The molecule has 2 aliphatic heterocycles. The van der Waals surface area contributed by atoms with E-state index in [2.05, 4.69) is 38.1 Å². The summed E-state index contributed by atoms with van der Waals surface area (Å²) in [6, 6.07) is 9.44. The van der Waals surface area contributed by atoms with Crippen molar-refractivity contribution >= 4 is 35.0 Å². The number of nitrogens with two attached hydrogens (primary N) is 1. The number of hydrogen-bond donors (Lipinski definition) is 5. The van der Waals surface area contributed by atoms with Gasteiger partial charge in [0, 0.05) is 30.8 Å². The number of nitrogens with one attached hydrogen (secondary N) is 3. The van der Waals surface area contributed by atoms with Gasteiger partial charge in [-0.05, 0) is 56.2 Å². The fourth-order valence-electron chi connectivity index (χ4n) is 4.42. The average molecular weight is 493 g/mol. The molecule has 2 atom stereocenters. The third kappa shape index (κ3) is 6.25. The molecular formula is C26H32N6O4. The summed E-state index contributed by atoms with van der Waals surface area (Å²) in [5.41, 5.74) is 9.78. The monoisotopic (exact) mass is 492 g/mol. The van der Waals surface area contributed by atoms with Gasteiger partial charge in [-0.15, -0.1) is 0 Å². The zero-order valence-corrected chi connectivity index (χ0v) is 20.1. The highest BCUT2D eigenvalue weighted by atomic mass is 16.4. The largest absolute Gasteiger partial charge is 0.480 e. The van der Waals surface area contributed by atoms with Crippen molar-refractivity contribution < 1.29 is 19.5 Å². The number of aliphatic imine (C=N–C) groups is 1. The molecule has 1 unspecified atom stereocenters. The van der Waals surface area contributed by atoms with E-state index in [9.17, 15) is 19.5 Å². The first kappa shape index (κ1) is 25.3. The maximum absolute atomic E-state index is 12.6. The molecule has 2 aromatic rings. The molecule has 0 spiro atoms. The van der Waals surface area contributed by atoms with Gasteiger partial charge in [-0.25, -0.2) is 14.8 Å². The number of aliphatic carboxylic acids is 1. The Balaban J connectivity index is 1.16. The lowest BCUT2D eigenvalue weighted by Gasteiger charge is -2.17. The third-order valence-electron chi connectivity index (χ3n) is 6.44. The summed E-state index contributed by atoms with van der Waals surface area (Å²) in [5, 5.41) is 18.1. The van der Waals surface area contributed by atoms with Crippen molar-refractivity contribution in [2.45, 2.75) is 57.0 Å². The van der Waals surface area contributed by atoms with Crippen molar-refractivity contribution in [3.8, 4) is 0 Å². The predicted molar refractivity (Wildman–Crippen MR) is 136 cm³/mol. The summed E-state index contributed by atoms with van der Waals surface area (Å²) in [6.07, 6.45) is 4.91. The van der Waals surface area contributed by atoms with Gasteiger partial charge < -0.3 is 26.8 Å². The molecule has 0 aliphatic carbocycles. The first-order valence-electron chi connectivity index (χ1n) is 12.4. The van der Waals surface area contributed by atoms with E-state index in [1.54, 1.807) is 24.3 Å². The molecule has 1 aromatic carbocycles. The molecule has 4 rings (SSSR count). The number of pyridine rings is 1. The van der Waals surface area contributed by atoms with Gasteiger partial charge in [-0.3, -0.25) is 9.59 Å². The van der Waals surface area contributed by atoms with E-state index in [4.69, 9.17) is 5.73 Å². The van der Waals surface area contributed by atoms with Gasteiger partial charge in [0.2, 0.25) is 5.91 Å². The highest BCUT2D eigenvalue weighted by Gasteiger charge is 2.31. The van der Waals surface area contributed by atoms with Crippen LogP contribution in [0.3, 0.4) is 0 Å². The number of aromatic nitrogens is 1. The van der Waals surface area contributed by atoms with E-state index in [1.807, 2.05) is 0 Å². The second-order valence-electron chi connectivity index (χ2n) is 9.08. The van der Waals surface area contributed by atoms with Crippen LogP contribution in [0.4, 0.5) is 11.5 Å². The number of amides is 2. The number of aryl methyl sites for hydroxylation is 2. The van der Waals surface area contributed by atoms with Crippen molar-refractivity contribution in [3.63, 3.8) is 0 Å². The Hall–Kier alpha value is -3.79. The second-order valence-corrected chi connectivity index (χ2v) is 9.08. The maximum atomic E-state index is 12.6. The van der Waals surface area contributed by atoms with Crippen molar-refractivity contribution in [2.75, 3.05) is 18.4 Å². The Labute approximate surface area is 209 Å². The lowest BCUT2D eigenvalue weighted by Crippen LogP contribution is -2.47. The zero-order valence-electron chi connectivity index (χ0n) is 20.1. The van der Waals surface area contributed by atoms with E-state index in [0.717, 1.165) is 49.3 Å². The lowest BCUT2D eigenvalue weighted by atomic mass is 10.0. The van der Waals surface area contributed by atoms with E-state index in [0.29, 0.717) is 18.5 Å². The molecule has 190 valence electrons. The molecule has 0 radical (unpaired) electrons. The van der Waals surface area contributed by atoms with E-state index in [-0.39, 0.29) is 24.6 Å². The van der Waals surface area contributed by atoms with Crippen molar-refractivity contribution in [1.82, 2.24) is 15.6 Å². The number of anilines is 1. The molecule has 10 nitrogen and oxygen atoms in total. The summed E-state index contributed by atoms with van der Waals surface area (Å²) in [6.45, 7) is 1.08. The smallest absolute Gasteiger partial charge is 0.326 e. The normalized spacial score (nSPS) is 16.7. The molecule has 0 fully saturated rings. The minimum absolute atomic E-state index is 0.0499. The van der Waals surface area contributed by atoms with Crippen LogP contribution in [-0.4, -0.2) is 52.7 Å².